The Morgan fingerprint density at radius 2 is 1.49 bits per heavy atom. The number of carbonyl (C=O) groups is 6. The Morgan fingerprint density at radius 1 is 0.902 bits per heavy atom. The SMILES string of the molecule is C=C1[C@@H](OC(=O)C=Cc2ccccc2)C[C@H](OC(C)=O)[C@@]2(CO)[C@@H](OC(C)=O)[C@H](OC(C)=O)[C@]3(O)[C@@]4(C)CO[C@]3(C)C(=O)C[C@H]4[C@@H](OC(C)=O)[C@H]12. The molecule has 0 unspecified atom stereocenters. The Bertz CT molecular complexity index is 1650. The molecule has 2 N–H and O–H groups in total. The van der Waals surface area contributed by atoms with Crippen LogP contribution in [0.1, 0.15) is 59.9 Å². The van der Waals surface area contributed by atoms with Crippen LogP contribution in [0.3, 0.4) is 0 Å². The van der Waals surface area contributed by atoms with Crippen LogP contribution in [0.4, 0.5) is 0 Å². The van der Waals surface area contributed by atoms with Gasteiger partial charge in [-0.2, -0.15) is 0 Å². The van der Waals surface area contributed by atoms with Crippen LogP contribution in [0.2, 0.25) is 0 Å². The molecule has 1 saturated heterocycles. The standard InChI is InChI=1S/C37H44O14/c1-19-26(51-29(44)14-13-24-11-9-8-10-12-24)16-28(47-20(2)39)36(17-38)30(19)31(48-21(3)40)25-15-27(43)35(7)37(45,34(25,6)18-46-35)33(50-23(5)42)32(36)49-22(4)41/h8-14,25-26,28,30-33,38,45H,1,15-18H2,2-7H3/t25-,26-,28-,30-,31+,32-,33-,34-,35+,36+,37-/m0/s1. The topological polar surface area (TPSA) is 198 Å². The average molecular weight is 713 g/mol. The molecule has 11 atom stereocenters. The molecule has 3 saturated carbocycles. The van der Waals surface area contributed by atoms with Gasteiger partial charge in [-0.05, 0) is 24.1 Å². The molecular weight excluding hydrogens is 668 g/mol. The van der Waals surface area contributed by atoms with E-state index < -0.39 is 107 Å². The third-order valence-electron chi connectivity index (χ3n) is 11.3. The second kappa shape index (κ2) is 13.6. The van der Waals surface area contributed by atoms with Crippen molar-refractivity contribution < 1.29 is 67.4 Å². The van der Waals surface area contributed by atoms with Crippen LogP contribution < -0.4 is 0 Å². The summed E-state index contributed by atoms with van der Waals surface area (Å²) in [5, 5.41) is 24.7. The van der Waals surface area contributed by atoms with Gasteiger partial charge in [-0.1, -0.05) is 43.8 Å². The molecule has 276 valence electrons. The first-order valence-corrected chi connectivity index (χ1v) is 16.7. The normalized spacial score (nSPS) is 38.5. The Morgan fingerprint density at radius 3 is 2.06 bits per heavy atom. The first kappa shape index (κ1) is 37.8. The predicted molar refractivity (Wildman–Crippen MR) is 175 cm³/mol. The number of ketones is 1. The molecule has 51 heavy (non-hydrogen) atoms. The van der Waals surface area contributed by atoms with Crippen molar-refractivity contribution >= 4 is 41.7 Å². The number of hydrogen-bond donors (Lipinski definition) is 2. The summed E-state index contributed by atoms with van der Waals surface area (Å²) in [6.45, 7) is 10.2. The molecule has 0 aromatic heterocycles. The van der Waals surface area contributed by atoms with Crippen LogP contribution in [-0.4, -0.2) is 101 Å². The molecule has 0 radical (unpaired) electrons. The Labute approximate surface area is 295 Å². The van der Waals surface area contributed by atoms with Gasteiger partial charge in [0, 0.05) is 63.9 Å². The highest BCUT2D eigenvalue weighted by molar-refractivity contribution is 5.91. The van der Waals surface area contributed by atoms with Crippen molar-refractivity contribution in [2.45, 2.75) is 96.1 Å². The fourth-order valence-electron chi connectivity index (χ4n) is 9.06. The van der Waals surface area contributed by atoms with Crippen LogP contribution in [0, 0.1) is 22.7 Å². The monoisotopic (exact) mass is 712 g/mol. The highest BCUT2D eigenvalue weighted by atomic mass is 16.6. The summed E-state index contributed by atoms with van der Waals surface area (Å²) in [6, 6.07) is 8.93. The number of carbonyl (C=O) groups excluding carboxylic acids is 6. The number of ether oxygens (including phenoxy) is 6. The number of rotatable bonds is 8. The first-order chi connectivity index (χ1) is 23.9. The lowest BCUT2D eigenvalue weighted by Gasteiger charge is -2.65. The lowest BCUT2D eigenvalue weighted by atomic mass is 9.43. The van der Waals surface area contributed by atoms with E-state index in [9.17, 15) is 39.0 Å². The van der Waals surface area contributed by atoms with Crippen molar-refractivity contribution in [3.8, 4) is 0 Å². The van der Waals surface area contributed by atoms with E-state index in [2.05, 4.69) is 6.58 Å². The van der Waals surface area contributed by atoms with E-state index in [1.165, 1.54) is 19.1 Å². The highest BCUT2D eigenvalue weighted by Gasteiger charge is 2.83. The van der Waals surface area contributed by atoms with E-state index in [-0.39, 0.29) is 25.0 Å². The second-order valence-electron chi connectivity index (χ2n) is 14.2. The first-order valence-electron chi connectivity index (χ1n) is 16.7. The lowest BCUT2D eigenvalue weighted by molar-refractivity contribution is -0.302. The van der Waals surface area contributed by atoms with Gasteiger partial charge in [0.1, 0.15) is 23.9 Å². The molecule has 3 aliphatic carbocycles. The molecule has 14 heteroatoms. The van der Waals surface area contributed by atoms with Gasteiger partial charge in [-0.3, -0.25) is 24.0 Å². The molecular formula is C37H44O14. The van der Waals surface area contributed by atoms with Gasteiger partial charge in [0.15, 0.2) is 23.6 Å². The molecule has 0 amide bonds. The maximum Gasteiger partial charge on any atom is 0.331 e. The lowest BCUT2D eigenvalue weighted by Crippen LogP contribution is -2.81. The smallest absolute Gasteiger partial charge is 0.331 e. The van der Waals surface area contributed by atoms with Crippen molar-refractivity contribution in [2.24, 2.45) is 22.7 Å². The summed E-state index contributed by atoms with van der Waals surface area (Å²) in [6.07, 6.45) is -5.96. The zero-order valence-corrected chi connectivity index (χ0v) is 29.4. The van der Waals surface area contributed by atoms with Crippen LogP contribution in [0.5, 0.6) is 0 Å². The molecule has 0 spiro atoms. The van der Waals surface area contributed by atoms with Crippen molar-refractivity contribution in [1.82, 2.24) is 0 Å². The molecule has 1 aromatic carbocycles. The minimum atomic E-state index is -2.47. The van der Waals surface area contributed by atoms with Gasteiger partial charge in [0.05, 0.1) is 18.6 Å². The largest absolute Gasteiger partial charge is 0.462 e. The molecule has 1 aromatic rings. The third-order valence-corrected chi connectivity index (χ3v) is 11.3. The number of aliphatic hydroxyl groups excluding tert-OH is 1. The zero-order chi connectivity index (χ0) is 37.7. The third kappa shape index (κ3) is 5.96. The maximum atomic E-state index is 14.1. The molecule has 1 heterocycles. The van der Waals surface area contributed by atoms with Crippen molar-refractivity contribution in [1.29, 1.82) is 0 Å². The average Bonchev–Trinajstić information content (AvgIpc) is 3.19. The number of aliphatic hydroxyl groups is 2. The minimum Gasteiger partial charge on any atom is -0.462 e. The van der Waals surface area contributed by atoms with Gasteiger partial charge in [-0.25, -0.2) is 4.79 Å². The molecule has 1 aliphatic heterocycles. The fraction of sp³-hybridized carbons (Fsp3) is 0.568. The number of hydrogen-bond acceptors (Lipinski definition) is 14. The van der Waals surface area contributed by atoms with E-state index in [1.807, 2.05) is 6.07 Å². The molecule has 4 fully saturated rings. The van der Waals surface area contributed by atoms with Gasteiger partial charge < -0.3 is 38.6 Å². The fourth-order valence-corrected chi connectivity index (χ4v) is 9.06. The van der Waals surface area contributed by atoms with Crippen LogP contribution >= 0.6 is 0 Å². The predicted octanol–water partition coefficient (Wildman–Crippen LogP) is 2.02. The second-order valence-corrected chi connectivity index (χ2v) is 14.2. The van der Waals surface area contributed by atoms with Crippen LogP contribution in [0.25, 0.3) is 6.08 Å². The summed E-state index contributed by atoms with van der Waals surface area (Å²) >= 11 is 0. The molecule has 4 aliphatic rings. The maximum absolute atomic E-state index is 14.1. The van der Waals surface area contributed by atoms with Crippen molar-refractivity contribution in [3.63, 3.8) is 0 Å². The molecule has 14 nitrogen and oxygen atoms in total. The highest BCUT2D eigenvalue weighted by Crippen LogP contribution is 2.67. The summed E-state index contributed by atoms with van der Waals surface area (Å²) in [4.78, 5) is 79.0. The molecule has 5 rings (SSSR count). The summed E-state index contributed by atoms with van der Waals surface area (Å²) in [5.41, 5.74) is -7.37. The number of fused-ring (bicyclic) bond motifs is 1. The summed E-state index contributed by atoms with van der Waals surface area (Å²) in [5.74, 6) is -7.50. The molecule has 4 bridgehead atoms. The van der Waals surface area contributed by atoms with Crippen molar-refractivity contribution in [3.05, 3.63) is 54.1 Å². The summed E-state index contributed by atoms with van der Waals surface area (Å²) < 4.78 is 35.6. The van der Waals surface area contributed by atoms with E-state index in [0.29, 0.717) is 5.56 Å². The number of Topliss-reactive ketones (excluding diaryl/α,β-unsaturated/α-hetero) is 1. The van der Waals surface area contributed by atoms with Gasteiger partial charge >= 0.3 is 29.8 Å². The van der Waals surface area contributed by atoms with E-state index >= 15 is 0 Å². The minimum absolute atomic E-state index is 0.0626. The van der Waals surface area contributed by atoms with Crippen molar-refractivity contribution in [2.75, 3.05) is 13.2 Å². The number of benzene rings is 1. The van der Waals surface area contributed by atoms with Gasteiger partial charge in [-0.15, -0.1) is 0 Å². The van der Waals surface area contributed by atoms with E-state index in [0.717, 1.165) is 27.7 Å². The van der Waals surface area contributed by atoms with Gasteiger partial charge in [0.25, 0.3) is 0 Å². The van der Waals surface area contributed by atoms with Crippen LogP contribution in [-0.2, 0) is 57.2 Å². The summed E-state index contributed by atoms with van der Waals surface area (Å²) in [7, 11) is 0. The van der Waals surface area contributed by atoms with Gasteiger partial charge in [0.2, 0.25) is 0 Å². The Hall–Kier alpha value is -4.40. The zero-order valence-electron chi connectivity index (χ0n) is 29.4. The quantitative estimate of drug-likeness (QED) is 0.172. The van der Waals surface area contributed by atoms with Crippen LogP contribution in [0.15, 0.2) is 48.6 Å². The van der Waals surface area contributed by atoms with E-state index in [1.54, 1.807) is 31.2 Å². The Balaban J connectivity index is 1.79. The number of esters is 5. The van der Waals surface area contributed by atoms with E-state index in [4.69, 9.17) is 28.4 Å². The Kier molecular flexibility index (Phi) is 10.1.